The van der Waals surface area contributed by atoms with Gasteiger partial charge in [0.2, 0.25) is 11.8 Å². The first kappa shape index (κ1) is 34.1. The summed E-state index contributed by atoms with van der Waals surface area (Å²) in [5, 5.41) is 3.45. The van der Waals surface area contributed by atoms with Crippen molar-refractivity contribution in [2.45, 2.75) is 30.8 Å². The number of methoxy groups -OCH3 is 3. The van der Waals surface area contributed by atoms with E-state index in [0.717, 1.165) is 4.31 Å². The molecule has 0 bridgehead atoms. The molecule has 3 aromatic carbocycles. The van der Waals surface area contributed by atoms with Crippen molar-refractivity contribution >= 4 is 62.3 Å². The Balaban J connectivity index is 2.19. The Morgan fingerprint density at radius 1 is 0.860 bits per heavy atom. The van der Waals surface area contributed by atoms with Crippen LogP contribution in [0.3, 0.4) is 0 Å². The summed E-state index contributed by atoms with van der Waals surface area (Å²) in [6, 6.07) is 12.3. The number of carbonyl (C=O) groups excluding carboxylic acids is 2. The highest BCUT2D eigenvalue weighted by Gasteiger charge is 2.35. The number of likely N-dealkylation sites (N-methyl/N-ethyl adjacent to an activating group) is 1. The minimum Gasteiger partial charge on any atom is -0.495 e. The van der Waals surface area contributed by atoms with Gasteiger partial charge < -0.3 is 24.4 Å². The molecule has 0 heterocycles. The van der Waals surface area contributed by atoms with Crippen LogP contribution in [-0.2, 0) is 26.2 Å². The molecule has 3 rings (SSSR count). The van der Waals surface area contributed by atoms with Crippen LogP contribution in [0.2, 0.25) is 15.1 Å². The fourth-order valence-electron chi connectivity index (χ4n) is 4.40. The van der Waals surface area contributed by atoms with Crippen LogP contribution in [0.5, 0.6) is 17.2 Å². The Morgan fingerprint density at radius 3 is 2.05 bits per heavy atom. The average molecular weight is 673 g/mol. The second-order valence-corrected chi connectivity index (χ2v) is 12.3. The lowest BCUT2D eigenvalue weighted by molar-refractivity contribution is -0.140. The number of benzene rings is 3. The van der Waals surface area contributed by atoms with Crippen LogP contribution in [-0.4, -0.2) is 66.1 Å². The summed E-state index contributed by atoms with van der Waals surface area (Å²) >= 11 is 18.8. The van der Waals surface area contributed by atoms with Crippen molar-refractivity contribution in [2.75, 3.05) is 39.2 Å². The molecule has 0 aliphatic rings. The normalized spacial score (nSPS) is 11.8. The lowest BCUT2D eigenvalue weighted by Gasteiger charge is -2.33. The maximum absolute atomic E-state index is 14.3. The van der Waals surface area contributed by atoms with E-state index < -0.39 is 34.4 Å². The molecule has 2 amide bonds. The van der Waals surface area contributed by atoms with Crippen LogP contribution in [0.25, 0.3) is 0 Å². The van der Waals surface area contributed by atoms with Crippen molar-refractivity contribution in [3.63, 3.8) is 0 Å². The largest absolute Gasteiger partial charge is 0.495 e. The number of halogens is 3. The molecule has 0 radical (unpaired) electrons. The van der Waals surface area contributed by atoms with Crippen LogP contribution in [0, 0.1) is 0 Å². The molecular formula is C29H32Cl3N3O7S. The van der Waals surface area contributed by atoms with E-state index in [4.69, 9.17) is 49.0 Å². The van der Waals surface area contributed by atoms with Gasteiger partial charge in [-0.2, -0.15) is 0 Å². The number of nitrogens with one attached hydrogen (secondary N) is 1. The SMILES string of the molecule is CC[C@H](C(=O)NC)N(Cc1ccc(Cl)cc1Cl)C(=O)CN(c1cc(Cl)ccc1OC)S(=O)(=O)c1ccc(OC)c(OC)c1. The minimum atomic E-state index is -4.47. The van der Waals surface area contributed by atoms with Gasteiger partial charge in [0.25, 0.3) is 10.0 Å². The first-order chi connectivity index (χ1) is 20.4. The maximum Gasteiger partial charge on any atom is 0.265 e. The fraction of sp³-hybridized carbons (Fsp3) is 0.310. The average Bonchev–Trinajstić information content (AvgIpc) is 2.99. The number of anilines is 1. The molecule has 0 fully saturated rings. The van der Waals surface area contributed by atoms with E-state index in [1.165, 1.54) is 75.7 Å². The number of hydrogen-bond acceptors (Lipinski definition) is 7. The first-order valence-corrected chi connectivity index (χ1v) is 15.5. The standard InChI is InChI=1S/C29H32Cl3N3O7S/c1-6-23(29(37)33-2)34(16-18-7-8-19(30)13-22(18)32)28(36)17-35(24-14-20(31)9-11-25(24)40-3)43(38,39)21-10-12-26(41-4)27(15-21)42-5/h7-15,23H,6,16-17H2,1-5H3,(H,33,37)/t23-/m1/s1. The number of hydrogen-bond donors (Lipinski definition) is 1. The molecule has 0 spiro atoms. The Kier molecular flexibility index (Phi) is 11.8. The number of carbonyl (C=O) groups is 2. The summed E-state index contributed by atoms with van der Waals surface area (Å²) in [4.78, 5) is 28.2. The number of ether oxygens (including phenoxy) is 3. The van der Waals surface area contributed by atoms with Crippen LogP contribution >= 0.6 is 34.8 Å². The molecule has 1 atom stereocenters. The molecule has 0 aliphatic heterocycles. The van der Waals surface area contributed by atoms with Gasteiger partial charge in [0, 0.05) is 34.7 Å². The number of sulfonamides is 1. The predicted octanol–water partition coefficient (Wildman–Crippen LogP) is 5.42. The van der Waals surface area contributed by atoms with E-state index in [-0.39, 0.29) is 45.1 Å². The summed E-state index contributed by atoms with van der Waals surface area (Å²) in [7, 11) is 1.15. The van der Waals surface area contributed by atoms with E-state index in [9.17, 15) is 18.0 Å². The van der Waals surface area contributed by atoms with Gasteiger partial charge in [-0.15, -0.1) is 0 Å². The van der Waals surface area contributed by atoms with Crippen LogP contribution in [0.15, 0.2) is 59.5 Å². The molecular weight excluding hydrogens is 641 g/mol. The lowest BCUT2D eigenvalue weighted by Crippen LogP contribution is -2.51. The van der Waals surface area contributed by atoms with Gasteiger partial charge >= 0.3 is 0 Å². The van der Waals surface area contributed by atoms with Gasteiger partial charge in [-0.25, -0.2) is 8.42 Å². The topological polar surface area (TPSA) is 114 Å². The maximum atomic E-state index is 14.3. The highest BCUT2D eigenvalue weighted by molar-refractivity contribution is 7.92. The van der Waals surface area contributed by atoms with Gasteiger partial charge in [-0.05, 0) is 54.4 Å². The van der Waals surface area contributed by atoms with Crippen LogP contribution in [0.1, 0.15) is 18.9 Å². The summed E-state index contributed by atoms with van der Waals surface area (Å²) in [5.74, 6) is -0.501. The summed E-state index contributed by atoms with van der Waals surface area (Å²) in [6.45, 7) is 0.922. The molecule has 232 valence electrons. The molecule has 0 saturated heterocycles. The molecule has 1 N–H and O–H groups in total. The Labute approximate surface area is 266 Å². The molecule has 0 unspecified atom stereocenters. The fourth-order valence-corrected chi connectivity index (χ4v) is 6.46. The van der Waals surface area contributed by atoms with Crippen LogP contribution < -0.4 is 23.8 Å². The van der Waals surface area contributed by atoms with E-state index in [2.05, 4.69) is 5.32 Å². The second-order valence-electron chi connectivity index (χ2n) is 9.14. The number of nitrogens with zero attached hydrogens (tertiary/aromatic N) is 2. The third-order valence-electron chi connectivity index (χ3n) is 6.62. The zero-order valence-corrected chi connectivity index (χ0v) is 27.3. The monoisotopic (exact) mass is 671 g/mol. The van der Waals surface area contributed by atoms with Gasteiger partial charge in [0.1, 0.15) is 18.3 Å². The predicted molar refractivity (Wildman–Crippen MR) is 167 cm³/mol. The first-order valence-electron chi connectivity index (χ1n) is 12.9. The van der Waals surface area contributed by atoms with Crippen molar-refractivity contribution in [3.8, 4) is 17.2 Å². The number of amides is 2. The molecule has 0 saturated carbocycles. The van der Waals surface area contributed by atoms with E-state index in [0.29, 0.717) is 16.3 Å². The van der Waals surface area contributed by atoms with Crippen molar-refractivity contribution in [1.29, 1.82) is 0 Å². The Bertz CT molecular complexity index is 1590. The van der Waals surface area contributed by atoms with Crippen molar-refractivity contribution < 1.29 is 32.2 Å². The molecule has 14 heteroatoms. The third kappa shape index (κ3) is 7.77. The third-order valence-corrected chi connectivity index (χ3v) is 9.20. The Hall–Kier alpha value is -3.38. The summed E-state index contributed by atoms with van der Waals surface area (Å²) < 4.78 is 45.4. The quantitative estimate of drug-likeness (QED) is 0.258. The molecule has 43 heavy (non-hydrogen) atoms. The van der Waals surface area contributed by atoms with Crippen molar-refractivity contribution in [3.05, 3.63) is 75.2 Å². The van der Waals surface area contributed by atoms with Gasteiger partial charge in [-0.3, -0.25) is 13.9 Å². The molecule has 10 nitrogen and oxygen atoms in total. The van der Waals surface area contributed by atoms with Crippen molar-refractivity contribution in [2.24, 2.45) is 0 Å². The summed E-state index contributed by atoms with van der Waals surface area (Å²) in [6.07, 6.45) is 0.236. The molecule has 3 aromatic rings. The van der Waals surface area contributed by atoms with Gasteiger partial charge in [0.05, 0.1) is 31.9 Å². The number of rotatable bonds is 13. The smallest absolute Gasteiger partial charge is 0.265 e. The van der Waals surface area contributed by atoms with Gasteiger partial charge in [-0.1, -0.05) is 47.8 Å². The second kappa shape index (κ2) is 14.9. The highest BCUT2D eigenvalue weighted by Crippen LogP contribution is 2.37. The van der Waals surface area contributed by atoms with E-state index >= 15 is 0 Å². The van der Waals surface area contributed by atoms with Crippen LogP contribution in [0.4, 0.5) is 5.69 Å². The highest BCUT2D eigenvalue weighted by atomic mass is 35.5. The molecule has 0 aliphatic carbocycles. The molecule has 0 aromatic heterocycles. The van der Waals surface area contributed by atoms with Gasteiger partial charge in [0.15, 0.2) is 11.5 Å². The lowest BCUT2D eigenvalue weighted by atomic mass is 10.1. The Morgan fingerprint density at radius 2 is 1.47 bits per heavy atom. The van der Waals surface area contributed by atoms with E-state index in [1.54, 1.807) is 19.1 Å². The summed E-state index contributed by atoms with van der Waals surface area (Å²) in [5.41, 5.74) is 0.520. The van der Waals surface area contributed by atoms with Crippen molar-refractivity contribution in [1.82, 2.24) is 10.2 Å². The van der Waals surface area contributed by atoms with E-state index in [1.807, 2.05) is 0 Å². The zero-order chi connectivity index (χ0) is 31.9. The zero-order valence-electron chi connectivity index (χ0n) is 24.2. The minimum absolute atomic E-state index is 0.00982.